The van der Waals surface area contributed by atoms with E-state index in [4.69, 9.17) is 0 Å². The van der Waals surface area contributed by atoms with Crippen molar-refractivity contribution in [2.24, 2.45) is 10.4 Å². The first-order chi connectivity index (χ1) is 32.9. The summed E-state index contributed by atoms with van der Waals surface area (Å²) >= 11 is 1.30. The largest absolute Gasteiger partial charge is 0.384 e. The first-order valence-electron chi connectivity index (χ1n) is 22.5. The number of amides is 8. The zero-order chi connectivity index (χ0) is 47.5. The van der Waals surface area contributed by atoms with Crippen molar-refractivity contribution in [2.75, 3.05) is 36.8 Å². The van der Waals surface area contributed by atoms with Crippen LogP contribution in [0.4, 0.5) is 10.8 Å². The third-order valence-electron chi connectivity index (χ3n) is 12.7. The van der Waals surface area contributed by atoms with Gasteiger partial charge < -0.3 is 20.4 Å². The Bertz CT molecular complexity index is 2860. The fraction of sp³-hybridized carbons (Fsp3) is 0.320. The highest BCUT2D eigenvalue weighted by atomic mass is 32.1. The van der Waals surface area contributed by atoms with Crippen LogP contribution in [0.15, 0.2) is 95.5 Å². The average molecular weight is 934 g/mol. The molecule has 9 rings (SSSR count). The van der Waals surface area contributed by atoms with Gasteiger partial charge in [-0.2, -0.15) is 0 Å². The number of fused-ring (bicyclic) bond motifs is 2. The lowest BCUT2D eigenvalue weighted by atomic mass is 9.88. The summed E-state index contributed by atoms with van der Waals surface area (Å²) in [6.45, 7) is 3.77. The minimum atomic E-state index is -1.06. The minimum absolute atomic E-state index is 0.0252. The second kappa shape index (κ2) is 19.2. The molecule has 5 aliphatic rings. The summed E-state index contributed by atoms with van der Waals surface area (Å²) in [5.41, 5.74) is 3.02. The predicted octanol–water partition coefficient (Wildman–Crippen LogP) is 4.25. The number of rotatable bonds is 12. The number of hydrogen-bond acceptors (Lipinski definition) is 12. The summed E-state index contributed by atoms with van der Waals surface area (Å²) < 4.78 is 0. The number of aliphatic imine (C=N–C) groups is 1. The van der Waals surface area contributed by atoms with Gasteiger partial charge >= 0.3 is 0 Å². The number of aromatic nitrogens is 1. The topological polar surface area (TPSA) is 220 Å². The van der Waals surface area contributed by atoms with E-state index in [1.165, 1.54) is 17.4 Å². The Balaban J connectivity index is 0.725. The van der Waals surface area contributed by atoms with Crippen molar-refractivity contribution in [1.29, 1.82) is 0 Å². The number of piperidine rings is 2. The lowest BCUT2D eigenvalue weighted by Crippen LogP contribution is -2.54. The maximum absolute atomic E-state index is 13.9. The Morgan fingerprint density at radius 1 is 0.941 bits per heavy atom. The summed E-state index contributed by atoms with van der Waals surface area (Å²) in [5.74, 6) is 3.23. The van der Waals surface area contributed by atoms with Crippen LogP contribution < -0.4 is 21.3 Å². The number of benzene rings is 3. The van der Waals surface area contributed by atoms with Crippen molar-refractivity contribution in [3.8, 4) is 11.8 Å². The van der Waals surface area contributed by atoms with Crippen LogP contribution in [0.25, 0.3) is 0 Å². The molecule has 0 spiro atoms. The molecule has 18 heteroatoms. The maximum Gasteiger partial charge on any atom is 0.269 e. The molecule has 2 saturated heterocycles. The Morgan fingerprint density at radius 3 is 2.49 bits per heavy atom. The van der Waals surface area contributed by atoms with Crippen molar-refractivity contribution < 1.29 is 38.4 Å². The van der Waals surface area contributed by atoms with Crippen molar-refractivity contribution in [3.05, 3.63) is 124 Å². The van der Waals surface area contributed by atoms with Gasteiger partial charge in [0.05, 0.1) is 23.1 Å². The van der Waals surface area contributed by atoms with Crippen LogP contribution in [0.1, 0.15) is 99.3 Å². The fourth-order valence-electron chi connectivity index (χ4n) is 9.05. The first-order valence-corrected chi connectivity index (χ1v) is 23.4. The second-order valence-electron chi connectivity index (χ2n) is 17.5. The number of anilines is 2. The summed E-state index contributed by atoms with van der Waals surface area (Å²) in [5, 5.41) is 13.5. The zero-order valence-corrected chi connectivity index (χ0v) is 37.9. The molecule has 0 saturated carbocycles. The Hall–Kier alpha value is -7.78. The lowest BCUT2D eigenvalue weighted by molar-refractivity contribution is -0.136. The van der Waals surface area contributed by atoms with E-state index in [1.807, 2.05) is 55.5 Å². The minimum Gasteiger partial charge on any atom is -0.384 e. The molecule has 6 heterocycles. The van der Waals surface area contributed by atoms with Gasteiger partial charge in [-0.05, 0) is 74.1 Å². The summed E-state index contributed by atoms with van der Waals surface area (Å²) in [6.07, 6.45) is 7.13. The molecular formula is C50H47N9O8S. The third kappa shape index (κ3) is 9.42. The quantitative estimate of drug-likeness (QED) is 0.0900. The van der Waals surface area contributed by atoms with Crippen LogP contribution in [0.3, 0.4) is 0 Å². The summed E-state index contributed by atoms with van der Waals surface area (Å²) in [7, 11) is 0. The van der Waals surface area contributed by atoms with Crippen molar-refractivity contribution in [3.63, 3.8) is 0 Å². The molecule has 8 amide bonds. The molecule has 3 unspecified atom stereocenters. The molecule has 3 aromatic carbocycles. The molecule has 4 N–H and O–H groups in total. The van der Waals surface area contributed by atoms with Crippen LogP contribution in [0.2, 0.25) is 0 Å². The Kier molecular flexibility index (Phi) is 12.8. The number of hydrogen-bond donors (Lipinski definition) is 4. The van der Waals surface area contributed by atoms with Crippen molar-refractivity contribution in [2.45, 2.75) is 70.1 Å². The van der Waals surface area contributed by atoms with E-state index in [0.717, 1.165) is 10.5 Å². The van der Waals surface area contributed by atoms with Gasteiger partial charge in [-0.15, -0.1) is 11.3 Å². The SMILES string of the molecule is CC1(C#Cc2ccc3c(c2)C(=O)N(C(C(=O)Nc2nccs2)c2ccccc2)C3)C=CC(C(=O)NC2CCN(C(=O)CCCNc3cccc4c3C(=O)N(C3CCC(=O)NC3=O)C4=O)CC2)=NC1. The predicted molar refractivity (Wildman–Crippen MR) is 251 cm³/mol. The standard InChI is InChI=1S/C50H47N9O8S/c1-50(20-16-30-12-13-32-28-58(46(65)35(32)27-30)42(31-7-3-2-4-8-31)45(64)56-49-52-23-26-68-49)21-17-37(53-29-50)43(62)54-33-18-24-57(25-19-33)40(61)11-6-22-51-36-10-5-9-34-41(36)48(67)59(47(34)66)38-14-15-39(60)55-44(38)63/h2-5,7-10,12-13,17,21,23,26-27,33,38,42,51H,6,11,14-15,18-19,22,24-25,28-29H2,1H3,(H,54,62)(H,52,56,64)(H,55,60,63). The van der Waals surface area contributed by atoms with Gasteiger partial charge in [0.25, 0.3) is 29.5 Å². The number of thiazole rings is 1. The van der Waals surface area contributed by atoms with Crippen LogP contribution in [-0.4, -0.2) is 111 Å². The molecule has 5 aliphatic heterocycles. The van der Waals surface area contributed by atoms with Crippen LogP contribution in [0, 0.1) is 17.3 Å². The molecular weight excluding hydrogens is 887 g/mol. The Labute approximate surface area is 395 Å². The van der Waals surface area contributed by atoms with Gasteiger partial charge in [0.1, 0.15) is 17.8 Å². The highest BCUT2D eigenvalue weighted by Gasteiger charge is 2.46. The normalized spacial score (nSPS) is 20.5. The van der Waals surface area contributed by atoms with E-state index in [0.29, 0.717) is 72.1 Å². The molecule has 0 aliphatic carbocycles. The van der Waals surface area contributed by atoms with Gasteiger partial charge in [-0.1, -0.05) is 60.4 Å². The molecule has 4 aromatic rings. The zero-order valence-electron chi connectivity index (χ0n) is 37.1. The van der Waals surface area contributed by atoms with E-state index >= 15 is 0 Å². The molecule has 3 atom stereocenters. The van der Waals surface area contributed by atoms with Crippen LogP contribution in [-0.2, 0) is 30.5 Å². The van der Waals surface area contributed by atoms with E-state index in [9.17, 15) is 38.4 Å². The van der Waals surface area contributed by atoms with Gasteiger partial charge in [0.2, 0.25) is 17.7 Å². The van der Waals surface area contributed by atoms with Crippen LogP contribution >= 0.6 is 11.3 Å². The number of nitrogens with one attached hydrogen (secondary N) is 4. The maximum atomic E-state index is 13.9. The van der Waals surface area contributed by atoms with Gasteiger partial charge in [-0.25, -0.2) is 4.98 Å². The van der Waals surface area contributed by atoms with Crippen LogP contribution in [0.5, 0.6) is 0 Å². The molecule has 0 bridgehead atoms. The number of imide groups is 2. The summed E-state index contributed by atoms with van der Waals surface area (Å²) in [6, 6.07) is 17.5. The van der Waals surface area contributed by atoms with E-state index < -0.39 is 41.1 Å². The molecule has 68 heavy (non-hydrogen) atoms. The van der Waals surface area contributed by atoms with Crippen molar-refractivity contribution >= 4 is 75.1 Å². The van der Waals surface area contributed by atoms with E-state index in [-0.39, 0.29) is 73.1 Å². The van der Waals surface area contributed by atoms with E-state index in [1.54, 1.807) is 45.7 Å². The van der Waals surface area contributed by atoms with Gasteiger partial charge in [0.15, 0.2) is 5.13 Å². The van der Waals surface area contributed by atoms with Crippen molar-refractivity contribution in [1.82, 2.24) is 30.3 Å². The molecule has 346 valence electrons. The molecule has 17 nitrogen and oxygen atoms in total. The number of nitrogens with zero attached hydrogens (tertiary/aromatic N) is 5. The third-order valence-corrected chi connectivity index (χ3v) is 13.4. The lowest BCUT2D eigenvalue weighted by Gasteiger charge is -2.32. The molecule has 1 aromatic heterocycles. The molecule has 2 fully saturated rings. The highest BCUT2D eigenvalue weighted by molar-refractivity contribution is 7.13. The Morgan fingerprint density at radius 2 is 1.75 bits per heavy atom. The number of dihydropyridines is 1. The summed E-state index contributed by atoms with van der Waals surface area (Å²) in [4.78, 5) is 118. The van der Waals surface area contributed by atoms with Gasteiger partial charge in [-0.3, -0.25) is 58.9 Å². The second-order valence-corrected chi connectivity index (χ2v) is 18.4. The average Bonchev–Trinajstić information content (AvgIpc) is 4.04. The fourth-order valence-corrected chi connectivity index (χ4v) is 9.59. The smallest absolute Gasteiger partial charge is 0.269 e. The number of carbonyl (C=O) groups is 8. The van der Waals surface area contributed by atoms with E-state index in [2.05, 4.69) is 43.1 Å². The highest BCUT2D eigenvalue weighted by Crippen LogP contribution is 2.35. The molecule has 0 radical (unpaired) electrons. The number of carbonyl (C=O) groups excluding carboxylic acids is 8. The monoisotopic (exact) mass is 933 g/mol. The first kappa shape index (κ1) is 45.4. The number of likely N-dealkylation sites (tertiary alicyclic amines) is 1. The van der Waals surface area contributed by atoms with Gasteiger partial charge in [0, 0.05) is 73.5 Å².